The van der Waals surface area contributed by atoms with Crippen LogP contribution in [0.4, 0.5) is 5.82 Å². The summed E-state index contributed by atoms with van der Waals surface area (Å²) in [5.41, 5.74) is 7.30. The average molecular weight is 653 g/mol. The Morgan fingerprint density at radius 3 is 1.16 bits per heavy atom. The number of carbonyl (C=O) groups excluding carboxylic acids is 1. The zero-order chi connectivity index (χ0) is 31.9. The second-order valence-corrected chi connectivity index (χ2v) is 13.8. The van der Waals surface area contributed by atoms with Gasteiger partial charge in [-0.2, -0.15) is 0 Å². The fourth-order valence-corrected chi connectivity index (χ4v) is 6.65. The fourth-order valence-electron chi connectivity index (χ4n) is 6.65. The first-order valence-corrected chi connectivity index (χ1v) is 20.0. The highest BCUT2D eigenvalue weighted by molar-refractivity contribution is 5.85. The van der Waals surface area contributed by atoms with Crippen LogP contribution >= 0.6 is 12.4 Å². The molecular formula is C40H78ClN3O. The molecule has 0 aliphatic carbocycles. The maximum Gasteiger partial charge on any atom is 0.233 e. The molecule has 1 aromatic heterocycles. The molecule has 1 heterocycles. The Labute approximate surface area is 287 Å². The first-order valence-electron chi connectivity index (χ1n) is 20.0. The first-order chi connectivity index (χ1) is 21.7. The lowest BCUT2D eigenvalue weighted by atomic mass is 10.0. The molecule has 0 saturated carbocycles. The van der Waals surface area contributed by atoms with E-state index in [4.69, 9.17) is 10.7 Å². The Hall–Kier alpha value is -1.03. The lowest BCUT2D eigenvalue weighted by Crippen LogP contribution is -2.16. The van der Waals surface area contributed by atoms with Gasteiger partial charge in [0.1, 0.15) is 11.6 Å². The van der Waals surface area contributed by atoms with Crippen molar-refractivity contribution < 1.29 is 4.79 Å². The van der Waals surface area contributed by atoms with Gasteiger partial charge >= 0.3 is 0 Å². The van der Waals surface area contributed by atoms with Crippen molar-refractivity contribution in [1.29, 1.82) is 0 Å². The van der Waals surface area contributed by atoms with Gasteiger partial charge in [-0.3, -0.25) is 9.36 Å². The lowest BCUT2D eigenvalue weighted by Gasteiger charge is -2.09. The summed E-state index contributed by atoms with van der Waals surface area (Å²) in [5.74, 6) is 1.65. The normalized spacial score (nSPS) is 11.3. The van der Waals surface area contributed by atoms with Crippen LogP contribution in [-0.2, 0) is 12.8 Å². The van der Waals surface area contributed by atoms with Crippen LogP contribution in [0, 0.1) is 0 Å². The number of unbranched alkanes of at least 4 members (excludes halogenated alkanes) is 28. The van der Waals surface area contributed by atoms with E-state index < -0.39 is 0 Å². The molecular weight excluding hydrogens is 574 g/mol. The van der Waals surface area contributed by atoms with Gasteiger partial charge in [-0.15, -0.1) is 12.4 Å². The minimum atomic E-state index is 0. The molecule has 45 heavy (non-hydrogen) atoms. The highest BCUT2D eigenvalue weighted by atomic mass is 35.5. The minimum absolute atomic E-state index is 0. The highest BCUT2D eigenvalue weighted by Gasteiger charge is 2.18. The molecule has 0 fully saturated rings. The van der Waals surface area contributed by atoms with Gasteiger partial charge in [-0.25, -0.2) is 4.98 Å². The first kappa shape index (κ1) is 44.0. The maximum atomic E-state index is 13.2. The lowest BCUT2D eigenvalue weighted by molar-refractivity contribution is 0.0898. The number of nitrogen functional groups attached to an aromatic ring is 1. The van der Waals surface area contributed by atoms with E-state index in [0.717, 1.165) is 43.6 Å². The van der Waals surface area contributed by atoms with Gasteiger partial charge in [0.15, 0.2) is 0 Å². The molecule has 1 rings (SSSR count). The summed E-state index contributed by atoms with van der Waals surface area (Å²) in [5, 5.41) is 0. The van der Waals surface area contributed by atoms with E-state index in [9.17, 15) is 4.79 Å². The Morgan fingerprint density at radius 1 is 0.511 bits per heavy atom. The smallest absolute Gasteiger partial charge is 0.233 e. The van der Waals surface area contributed by atoms with Crippen molar-refractivity contribution in [3.63, 3.8) is 0 Å². The van der Waals surface area contributed by atoms with Crippen LogP contribution in [-0.4, -0.2) is 15.5 Å². The van der Waals surface area contributed by atoms with Gasteiger partial charge in [0.2, 0.25) is 5.91 Å². The molecule has 0 aromatic carbocycles. The molecule has 0 unspecified atom stereocenters. The summed E-state index contributed by atoms with van der Waals surface area (Å²) in [6.45, 7) is 6.66. The number of carbonyl (C=O) groups is 1. The summed E-state index contributed by atoms with van der Waals surface area (Å²) in [6.07, 6.45) is 42.8. The molecule has 0 aliphatic heterocycles. The van der Waals surface area contributed by atoms with Crippen LogP contribution in [0.5, 0.6) is 0 Å². The Balaban J connectivity index is 0.0000194. The number of aryl methyl sites for hydroxylation is 2. The molecule has 0 saturated heterocycles. The van der Waals surface area contributed by atoms with Gasteiger partial charge in [0.25, 0.3) is 0 Å². The Kier molecular flexibility index (Phi) is 32.1. The molecule has 0 bridgehead atoms. The van der Waals surface area contributed by atoms with Crippen molar-refractivity contribution in [2.75, 3.05) is 5.73 Å². The van der Waals surface area contributed by atoms with Crippen LogP contribution in [0.3, 0.4) is 0 Å². The Morgan fingerprint density at radius 2 is 0.822 bits per heavy atom. The molecule has 1 aromatic rings. The van der Waals surface area contributed by atoms with Gasteiger partial charge in [-0.1, -0.05) is 201 Å². The van der Waals surface area contributed by atoms with Gasteiger partial charge < -0.3 is 5.73 Å². The summed E-state index contributed by atoms with van der Waals surface area (Å²) in [4.78, 5) is 17.9. The molecule has 266 valence electrons. The molecule has 0 amide bonds. The van der Waals surface area contributed by atoms with E-state index in [2.05, 4.69) is 20.8 Å². The van der Waals surface area contributed by atoms with Crippen LogP contribution in [0.15, 0.2) is 0 Å². The predicted molar refractivity (Wildman–Crippen MR) is 202 cm³/mol. The van der Waals surface area contributed by atoms with Crippen LogP contribution in [0.2, 0.25) is 0 Å². The Bertz CT molecular complexity index is 778. The molecule has 0 radical (unpaired) electrons. The van der Waals surface area contributed by atoms with E-state index in [-0.39, 0.29) is 18.3 Å². The topological polar surface area (TPSA) is 60.9 Å². The second-order valence-electron chi connectivity index (χ2n) is 13.8. The van der Waals surface area contributed by atoms with Crippen molar-refractivity contribution >= 4 is 24.1 Å². The fraction of sp³-hybridized carbons (Fsp3) is 0.900. The summed E-state index contributed by atoms with van der Waals surface area (Å²) in [6, 6.07) is 0. The third-order valence-corrected chi connectivity index (χ3v) is 9.64. The number of aromatic nitrogens is 2. The van der Waals surface area contributed by atoms with Gasteiger partial charge in [0.05, 0.1) is 5.69 Å². The number of hydrogen-bond acceptors (Lipinski definition) is 3. The maximum absolute atomic E-state index is 13.2. The summed E-state index contributed by atoms with van der Waals surface area (Å²) >= 11 is 0. The van der Waals surface area contributed by atoms with E-state index in [1.165, 1.54) is 173 Å². The monoisotopic (exact) mass is 652 g/mol. The average Bonchev–Trinajstić information content (AvgIpc) is 3.35. The van der Waals surface area contributed by atoms with Crippen molar-refractivity contribution in [3.8, 4) is 0 Å². The second kappa shape index (κ2) is 32.9. The van der Waals surface area contributed by atoms with Crippen LogP contribution < -0.4 is 5.73 Å². The standard InChI is InChI=1S/C40H77N3O.ClH/c1-4-7-9-11-13-15-17-19-21-23-25-27-29-31-33-35-38-42-37(6-3)40(41)43(38)39(44)36-34-32-30-28-26-24-22-20-18-16-14-12-10-8-5-2;/h4-36,41H2,1-3H3;1H. The van der Waals surface area contributed by atoms with E-state index in [0.29, 0.717) is 12.2 Å². The zero-order valence-electron chi connectivity index (χ0n) is 30.6. The highest BCUT2D eigenvalue weighted by Crippen LogP contribution is 2.21. The van der Waals surface area contributed by atoms with Crippen molar-refractivity contribution in [1.82, 2.24) is 9.55 Å². The summed E-state index contributed by atoms with van der Waals surface area (Å²) in [7, 11) is 0. The third-order valence-electron chi connectivity index (χ3n) is 9.64. The quantitative estimate of drug-likeness (QED) is 0.0769. The largest absolute Gasteiger partial charge is 0.383 e. The van der Waals surface area contributed by atoms with E-state index in [1.807, 2.05) is 0 Å². The van der Waals surface area contributed by atoms with Gasteiger partial charge in [0, 0.05) is 12.8 Å². The number of nitrogens with zero attached hydrogens (tertiary/aromatic N) is 2. The van der Waals surface area contributed by atoms with Crippen molar-refractivity contribution in [2.45, 2.75) is 233 Å². The molecule has 4 nitrogen and oxygen atoms in total. The number of anilines is 1. The number of imidazole rings is 1. The number of nitrogens with two attached hydrogens (primary N) is 1. The van der Waals surface area contributed by atoms with Gasteiger partial charge in [-0.05, 0) is 19.3 Å². The van der Waals surface area contributed by atoms with Crippen molar-refractivity contribution in [2.24, 2.45) is 0 Å². The SMILES string of the molecule is CCCCCCCCCCCCCCCCCC(=O)n1c(CCCCCCCCCCCCCCCCC)nc(CC)c1N.Cl. The van der Waals surface area contributed by atoms with Crippen molar-refractivity contribution in [3.05, 3.63) is 11.5 Å². The number of halogens is 1. The number of rotatable bonds is 33. The van der Waals surface area contributed by atoms with Crippen LogP contribution in [0.1, 0.15) is 236 Å². The minimum Gasteiger partial charge on any atom is -0.383 e. The summed E-state index contributed by atoms with van der Waals surface area (Å²) < 4.78 is 1.77. The molecule has 0 spiro atoms. The number of hydrogen-bond donors (Lipinski definition) is 1. The third kappa shape index (κ3) is 23.9. The molecule has 5 heteroatoms. The predicted octanol–water partition coefficient (Wildman–Crippen LogP) is 13.8. The molecule has 0 aliphatic rings. The van der Waals surface area contributed by atoms with Crippen LogP contribution in [0.25, 0.3) is 0 Å². The molecule has 0 atom stereocenters. The zero-order valence-corrected chi connectivity index (χ0v) is 31.4. The molecule has 2 N–H and O–H groups in total. The van der Waals surface area contributed by atoms with E-state index >= 15 is 0 Å². The van der Waals surface area contributed by atoms with E-state index in [1.54, 1.807) is 4.57 Å².